The fraction of sp³-hybridized carbons (Fsp3) is 0.571. The zero-order valence-corrected chi connectivity index (χ0v) is 11.3. The monoisotopic (exact) mass is 233 g/mol. The summed E-state index contributed by atoms with van der Waals surface area (Å²) in [5.74, 6) is 0. The van der Waals surface area contributed by atoms with Crippen LogP contribution in [0.25, 0.3) is 0 Å². The summed E-state index contributed by atoms with van der Waals surface area (Å²) >= 11 is 0. The molecule has 94 valence electrons. The van der Waals surface area contributed by atoms with Gasteiger partial charge in [0.05, 0.1) is 11.4 Å². The normalized spacial score (nSPS) is 19.5. The average molecular weight is 233 g/mol. The Hall–Kier alpha value is -1.22. The van der Waals surface area contributed by atoms with Gasteiger partial charge in [-0.2, -0.15) is 0 Å². The number of anilines is 2. The molecule has 0 amide bonds. The van der Waals surface area contributed by atoms with Gasteiger partial charge in [0.15, 0.2) is 0 Å². The van der Waals surface area contributed by atoms with E-state index in [1.807, 2.05) is 0 Å². The van der Waals surface area contributed by atoms with Crippen molar-refractivity contribution < 1.29 is 0 Å². The Balaban J connectivity index is 2.44. The summed E-state index contributed by atoms with van der Waals surface area (Å²) in [4.78, 5) is 4.76. The highest BCUT2D eigenvalue weighted by atomic mass is 15.3. The molecular formula is C14H23N3. The van der Waals surface area contributed by atoms with E-state index in [9.17, 15) is 0 Å². The number of likely N-dealkylation sites (N-methyl/N-ethyl adjacent to an activating group) is 2. The number of benzene rings is 1. The van der Waals surface area contributed by atoms with Crippen LogP contribution in [-0.2, 0) is 0 Å². The van der Waals surface area contributed by atoms with Crippen LogP contribution in [0.3, 0.4) is 0 Å². The Bertz CT molecular complexity index is 414. The molecule has 3 heteroatoms. The molecule has 1 aliphatic rings. The van der Waals surface area contributed by atoms with E-state index >= 15 is 0 Å². The minimum absolute atomic E-state index is 0.527. The predicted octanol–water partition coefficient (Wildman–Crippen LogP) is 1.91. The molecule has 17 heavy (non-hydrogen) atoms. The molecule has 1 aromatic carbocycles. The van der Waals surface area contributed by atoms with Gasteiger partial charge in [0, 0.05) is 26.7 Å². The van der Waals surface area contributed by atoms with Crippen molar-refractivity contribution in [2.45, 2.75) is 26.3 Å². The summed E-state index contributed by atoms with van der Waals surface area (Å²) in [6.45, 7) is 6.20. The van der Waals surface area contributed by atoms with Crippen LogP contribution in [0.15, 0.2) is 12.1 Å². The second-order valence-corrected chi connectivity index (χ2v) is 5.10. The largest absolute Gasteiger partial charge is 0.371 e. The van der Waals surface area contributed by atoms with Gasteiger partial charge in [-0.1, -0.05) is 6.07 Å². The van der Waals surface area contributed by atoms with Crippen LogP contribution in [0.1, 0.15) is 17.5 Å². The highest BCUT2D eigenvalue weighted by Gasteiger charge is 2.27. The maximum Gasteiger partial charge on any atom is 0.0634 e. The van der Waals surface area contributed by atoms with Crippen LogP contribution in [0, 0.1) is 13.8 Å². The second-order valence-electron chi connectivity index (χ2n) is 5.10. The molecule has 1 heterocycles. The lowest BCUT2D eigenvalue weighted by atomic mass is 9.99. The van der Waals surface area contributed by atoms with E-state index in [0.29, 0.717) is 6.04 Å². The van der Waals surface area contributed by atoms with Crippen molar-refractivity contribution in [3.8, 4) is 0 Å². The van der Waals surface area contributed by atoms with Gasteiger partial charge in [0.1, 0.15) is 0 Å². The summed E-state index contributed by atoms with van der Waals surface area (Å²) in [5.41, 5.74) is 11.2. The second kappa shape index (κ2) is 4.57. The van der Waals surface area contributed by atoms with Crippen molar-refractivity contribution in [1.29, 1.82) is 0 Å². The zero-order chi connectivity index (χ0) is 12.6. The Morgan fingerprint density at radius 3 is 2.65 bits per heavy atom. The first-order chi connectivity index (χ1) is 8.06. The van der Waals surface area contributed by atoms with Gasteiger partial charge in [-0.3, -0.25) is 0 Å². The summed E-state index contributed by atoms with van der Waals surface area (Å²) in [5, 5.41) is 0. The molecule has 2 rings (SSSR count). The fourth-order valence-electron chi connectivity index (χ4n) is 2.76. The van der Waals surface area contributed by atoms with Crippen molar-refractivity contribution >= 4 is 11.4 Å². The van der Waals surface area contributed by atoms with Crippen molar-refractivity contribution in [2.24, 2.45) is 5.73 Å². The Morgan fingerprint density at radius 2 is 2.00 bits per heavy atom. The third kappa shape index (κ3) is 2.00. The van der Waals surface area contributed by atoms with Crippen molar-refractivity contribution in [1.82, 2.24) is 0 Å². The number of hydrogen-bond acceptors (Lipinski definition) is 3. The number of nitrogens with two attached hydrogens (primary N) is 1. The van der Waals surface area contributed by atoms with Crippen LogP contribution >= 0.6 is 0 Å². The lowest BCUT2D eigenvalue weighted by Crippen LogP contribution is -2.47. The molecule has 1 unspecified atom stereocenters. The molecule has 0 aliphatic carbocycles. The van der Waals surface area contributed by atoms with Crippen LogP contribution in [0.2, 0.25) is 0 Å². The number of aryl methyl sites for hydroxylation is 1. The number of rotatable bonds is 2. The first kappa shape index (κ1) is 12.2. The lowest BCUT2D eigenvalue weighted by molar-refractivity contribution is 0.566. The number of fused-ring (bicyclic) bond motifs is 1. The molecule has 0 spiro atoms. The van der Waals surface area contributed by atoms with E-state index in [2.05, 4.69) is 49.9 Å². The van der Waals surface area contributed by atoms with E-state index < -0.39 is 0 Å². The van der Waals surface area contributed by atoms with Gasteiger partial charge >= 0.3 is 0 Å². The maximum absolute atomic E-state index is 5.70. The van der Waals surface area contributed by atoms with Gasteiger partial charge in [-0.25, -0.2) is 0 Å². The quantitative estimate of drug-likeness (QED) is 0.847. The standard InChI is InChI=1S/C14H23N3/c1-10-5-6-13-14(11(10)2)16(3)9-12(7-8-15)17(13)4/h5-6,12H,7-9,15H2,1-4H3. The SMILES string of the molecule is Cc1ccc2c(c1C)N(C)CC(CCN)N2C. The Kier molecular flexibility index (Phi) is 3.29. The molecule has 1 aliphatic heterocycles. The zero-order valence-electron chi connectivity index (χ0n) is 11.3. The van der Waals surface area contributed by atoms with Crippen molar-refractivity contribution in [3.63, 3.8) is 0 Å². The smallest absolute Gasteiger partial charge is 0.0634 e. The van der Waals surface area contributed by atoms with Crippen LogP contribution in [0.4, 0.5) is 11.4 Å². The maximum atomic E-state index is 5.70. The van der Waals surface area contributed by atoms with Gasteiger partial charge in [0.25, 0.3) is 0 Å². The molecule has 3 nitrogen and oxygen atoms in total. The van der Waals surface area contributed by atoms with Crippen molar-refractivity contribution in [2.75, 3.05) is 37.0 Å². The summed E-state index contributed by atoms with van der Waals surface area (Å²) in [7, 11) is 4.36. The van der Waals surface area contributed by atoms with E-state index in [0.717, 1.165) is 19.5 Å². The molecule has 2 N–H and O–H groups in total. The van der Waals surface area contributed by atoms with E-state index in [1.54, 1.807) is 0 Å². The summed E-state index contributed by atoms with van der Waals surface area (Å²) < 4.78 is 0. The van der Waals surface area contributed by atoms with E-state index in [1.165, 1.54) is 22.5 Å². The topological polar surface area (TPSA) is 32.5 Å². The number of hydrogen-bond donors (Lipinski definition) is 1. The first-order valence-electron chi connectivity index (χ1n) is 6.30. The Labute approximate surface area is 104 Å². The lowest BCUT2D eigenvalue weighted by Gasteiger charge is -2.42. The molecule has 0 bridgehead atoms. The molecule has 1 aromatic rings. The van der Waals surface area contributed by atoms with Crippen molar-refractivity contribution in [3.05, 3.63) is 23.3 Å². The van der Waals surface area contributed by atoms with Crippen LogP contribution < -0.4 is 15.5 Å². The van der Waals surface area contributed by atoms with Crippen LogP contribution in [-0.4, -0.2) is 33.2 Å². The van der Waals surface area contributed by atoms with E-state index in [-0.39, 0.29) is 0 Å². The van der Waals surface area contributed by atoms with Gasteiger partial charge in [-0.15, -0.1) is 0 Å². The molecule has 0 saturated heterocycles. The fourth-order valence-corrected chi connectivity index (χ4v) is 2.76. The molecule has 0 fully saturated rings. The van der Waals surface area contributed by atoms with Crippen LogP contribution in [0.5, 0.6) is 0 Å². The molecule has 0 aromatic heterocycles. The van der Waals surface area contributed by atoms with Gasteiger partial charge in [-0.05, 0) is 44.0 Å². The molecule has 0 saturated carbocycles. The number of nitrogens with zero attached hydrogens (tertiary/aromatic N) is 2. The summed E-state index contributed by atoms with van der Waals surface area (Å²) in [6, 6.07) is 4.97. The third-order valence-corrected chi connectivity index (χ3v) is 3.97. The molecular weight excluding hydrogens is 210 g/mol. The van der Waals surface area contributed by atoms with E-state index in [4.69, 9.17) is 5.73 Å². The van der Waals surface area contributed by atoms with Gasteiger partial charge in [0.2, 0.25) is 0 Å². The average Bonchev–Trinajstić information content (AvgIpc) is 2.29. The highest BCUT2D eigenvalue weighted by molar-refractivity contribution is 5.78. The minimum Gasteiger partial charge on any atom is -0.371 e. The predicted molar refractivity (Wildman–Crippen MR) is 75.0 cm³/mol. The highest BCUT2D eigenvalue weighted by Crippen LogP contribution is 2.38. The minimum atomic E-state index is 0.527. The molecule has 1 atom stereocenters. The third-order valence-electron chi connectivity index (χ3n) is 3.97. The summed E-state index contributed by atoms with van der Waals surface area (Å²) in [6.07, 6.45) is 1.05. The Morgan fingerprint density at radius 1 is 1.29 bits per heavy atom. The molecule has 0 radical (unpaired) electrons. The first-order valence-corrected chi connectivity index (χ1v) is 6.30. The van der Waals surface area contributed by atoms with Gasteiger partial charge < -0.3 is 15.5 Å².